The SMILES string of the molecule is COc1cc(OC)c(-c2cccs2)cc1/C=C/C(=O)c1ccc(S([NH])(=O)=O)cc1. The number of ether oxygens (including phenoxy) is 2. The molecule has 0 aliphatic rings. The minimum absolute atomic E-state index is 0.157. The maximum Gasteiger partial charge on any atom is 0.254 e. The first-order valence-electron chi connectivity index (χ1n) is 8.45. The van der Waals surface area contributed by atoms with Crippen molar-refractivity contribution in [2.24, 2.45) is 0 Å². The standard InChI is InChI=1S/C21H18NO5S2/c1-26-19-13-20(27-2)17(21-4-3-11-28-21)12-15(19)7-10-18(23)14-5-8-16(9-6-14)29(22,24)25/h3-13,22H,1-2H3/b10-7+. The highest BCUT2D eigenvalue weighted by atomic mass is 32.2. The number of thiophene rings is 1. The predicted octanol–water partition coefficient (Wildman–Crippen LogP) is 4.30. The molecular formula is C21H18NO5S2. The maximum absolute atomic E-state index is 12.5. The number of hydrogen-bond donors (Lipinski definition) is 0. The van der Waals surface area contributed by atoms with Crippen molar-refractivity contribution in [2.45, 2.75) is 4.90 Å². The zero-order chi connectivity index (χ0) is 21.0. The summed E-state index contributed by atoms with van der Waals surface area (Å²) in [7, 11) is -0.920. The Labute approximate surface area is 173 Å². The van der Waals surface area contributed by atoms with Crippen molar-refractivity contribution in [1.82, 2.24) is 5.14 Å². The van der Waals surface area contributed by atoms with E-state index in [4.69, 9.17) is 14.6 Å². The molecule has 0 saturated carbocycles. The number of benzene rings is 2. The fourth-order valence-electron chi connectivity index (χ4n) is 2.74. The van der Waals surface area contributed by atoms with Crippen LogP contribution in [0.1, 0.15) is 15.9 Å². The van der Waals surface area contributed by atoms with Crippen LogP contribution in [0.25, 0.3) is 16.5 Å². The van der Waals surface area contributed by atoms with Crippen LogP contribution in [-0.2, 0) is 10.0 Å². The first-order valence-corrected chi connectivity index (χ1v) is 10.8. The summed E-state index contributed by atoms with van der Waals surface area (Å²) in [6, 6.07) is 12.8. The van der Waals surface area contributed by atoms with Gasteiger partial charge in [-0.25, -0.2) is 8.42 Å². The van der Waals surface area contributed by atoms with Crippen molar-refractivity contribution in [3.8, 4) is 21.9 Å². The van der Waals surface area contributed by atoms with E-state index in [-0.39, 0.29) is 10.7 Å². The molecule has 0 aliphatic carbocycles. The highest BCUT2D eigenvalue weighted by Crippen LogP contribution is 2.38. The molecule has 1 N–H and O–H groups in total. The van der Waals surface area contributed by atoms with Gasteiger partial charge in [-0.3, -0.25) is 4.79 Å². The minimum atomic E-state index is -4.05. The largest absolute Gasteiger partial charge is 0.496 e. The minimum Gasteiger partial charge on any atom is -0.496 e. The quantitative estimate of drug-likeness (QED) is 0.413. The second-order valence-corrected chi connectivity index (χ2v) is 8.42. The monoisotopic (exact) mass is 428 g/mol. The average Bonchev–Trinajstić information content (AvgIpc) is 3.25. The van der Waals surface area contributed by atoms with Gasteiger partial charge in [-0.1, -0.05) is 6.07 Å². The van der Waals surface area contributed by atoms with Crippen LogP contribution in [0.5, 0.6) is 11.5 Å². The van der Waals surface area contributed by atoms with Crippen LogP contribution < -0.4 is 14.6 Å². The third-order valence-electron chi connectivity index (χ3n) is 4.20. The molecule has 0 spiro atoms. The lowest BCUT2D eigenvalue weighted by atomic mass is 10.0. The topological polar surface area (TPSA) is 93.5 Å². The Morgan fingerprint density at radius 3 is 2.28 bits per heavy atom. The van der Waals surface area contributed by atoms with Crippen LogP contribution in [0.2, 0.25) is 0 Å². The van der Waals surface area contributed by atoms with Gasteiger partial charge in [0.1, 0.15) is 11.5 Å². The number of rotatable bonds is 7. The van der Waals surface area contributed by atoms with E-state index in [1.807, 2.05) is 23.6 Å². The Morgan fingerprint density at radius 2 is 1.72 bits per heavy atom. The van der Waals surface area contributed by atoms with Gasteiger partial charge in [0.2, 0.25) is 0 Å². The molecule has 6 nitrogen and oxygen atoms in total. The molecule has 0 atom stereocenters. The molecule has 29 heavy (non-hydrogen) atoms. The van der Waals surface area contributed by atoms with Crippen molar-refractivity contribution in [2.75, 3.05) is 14.2 Å². The molecule has 3 rings (SSSR count). The number of ketones is 1. The maximum atomic E-state index is 12.5. The molecule has 1 aromatic heterocycles. The molecule has 0 bridgehead atoms. The Morgan fingerprint density at radius 1 is 1.03 bits per heavy atom. The molecule has 0 amide bonds. The zero-order valence-electron chi connectivity index (χ0n) is 15.7. The van der Waals surface area contributed by atoms with Crippen LogP contribution in [-0.4, -0.2) is 28.4 Å². The second-order valence-electron chi connectivity index (χ2n) is 6.00. The van der Waals surface area contributed by atoms with Crippen LogP contribution in [0.3, 0.4) is 0 Å². The molecule has 0 fully saturated rings. The smallest absolute Gasteiger partial charge is 0.254 e. The van der Waals surface area contributed by atoms with Crippen LogP contribution in [0.15, 0.2) is 64.9 Å². The summed E-state index contributed by atoms with van der Waals surface area (Å²) in [5.41, 5.74) is 1.91. The molecule has 8 heteroatoms. The zero-order valence-corrected chi connectivity index (χ0v) is 17.3. The summed E-state index contributed by atoms with van der Waals surface area (Å²) in [6.07, 6.45) is 3.04. The first-order chi connectivity index (χ1) is 13.8. The van der Waals surface area contributed by atoms with E-state index in [0.29, 0.717) is 22.6 Å². The lowest BCUT2D eigenvalue weighted by Crippen LogP contribution is -2.01. The van der Waals surface area contributed by atoms with Gasteiger partial charge in [-0.2, -0.15) is 0 Å². The molecule has 149 valence electrons. The Bertz CT molecular complexity index is 1150. The van der Waals surface area contributed by atoms with Gasteiger partial charge < -0.3 is 9.47 Å². The van der Waals surface area contributed by atoms with Gasteiger partial charge in [0, 0.05) is 27.6 Å². The van der Waals surface area contributed by atoms with Crippen molar-refractivity contribution in [3.63, 3.8) is 0 Å². The summed E-state index contributed by atoms with van der Waals surface area (Å²) in [6.45, 7) is 0. The van der Waals surface area contributed by atoms with Gasteiger partial charge in [-0.15, -0.1) is 16.5 Å². The van der Waals surface area contributed by atoms with Gasteiger partial charge in [0.05, 0.1) is 19.1 Å². The molecule has 0 aliphatic heterocycles. The fraction of sp³-hybridized carbons (Fsp3) is 0.0952. The number of allylic oxidation sites excluding steroid dienone is 1. The Kier molecular flexibility index (Phi) is 6.17. The van der Waals surface area contributed by atoms with Crippen LogP contribution in [0.4, 0.5) is 0 Å². The molecule has 1 radical (unpaired) electrons. The van der Waals surface area contributed by atoms with Crippen LogP contribution in [0, 0.1) is 0 Å². The number of methoxy groups -OCH3 is 2. The predicted molar refractivity (Wildman–Crippen MR) is 113 cm³/mol. The van der Waals surface area contributed by atoms with Crippen molar-refractivity contribution >= 4 is 33.2 Å². The van der Waals surface area contributed by atoms with E-state index in [1.54, 1.807) is 37.7 Å². The van der Waals surface area contributed by atoms with E-state index in [9.17, 15) is 13.2 Å². The van der Waals surface area contributed by atoms with Gasteiger partial charge in [0.25, 0.3) is 10.0 Å². The summed E-state index contributed by atoms with van der Waals surface area (Å²) < 4.78 is 33.3. The number of carbonyl (C=O) groups is 1. The summed E-state index contributed by atoms with van der Waals surface area (Å²) in [5.74, 6) is 0.927. The summed E-state index contributed by atoms with van der Waals surface area (Å²) in [5, 5.41) is 9.02. The van der Waals surface area contributed by atoms with Gasteiger partial charge in [0.15, 0.2) is 5.78 Å². The fourth-order valence-corrected chi connectivity index (χ4v) is 3.98. The third kappa shape index (κ3) is 4.73. The van der Waals surface area contributed by atoms with E-state index in [1.165, 1.54) is 30.3 Å². The summed E-state index contributed by atoms with van der Waals surface area (Å²) >= 11 is 1.58. The third-order valence-corrected chi connectivity index (χ3v) is 6.00. The molecule has 0 saturated heterocycles. The molecule has 1 heterocycles. The molecule has 3 aromatic rings. The lowest BCUT2D eigenvalue weighted by molar-refractivity contribution is 0.104. The van der Waals surface area contributed by atoms with E-state index in [0.717, 1.165) is 10.4 Å². The highest BCUT2D eigenvalue weighted by Gasteiger charge is 2.13. The van der Waals surface area contributed by atoms with Crippen LogP contribution >= 0.6 is 11.3 Å². The average molecular weight is 429 g/mol. The van der Waals surface area contributed by atoms with Gasteiger partial charge in [-0.05, 0) is 53.9 Å². The first kappa shape index (κ1) is 20.8. The van der Waals surface area contributed by atoms with E-state index in [2.05, 4.69) is 0 Å². The van der Waals surface area contributed by atoms with Crippen molar-refractivity contribution < 1.29 is 22.7 Å². The number of sulfonamides is 1. The van der Waals surface area contributed by atoms with E-state index < -0.39 is 10.0 Å². The van der Waals surface area contributed by atoms with Crippen molar-refractivity contribution in [3.05, 3.63) is 71.1 Å². The number of nitrogens with one attached hydrogen (secondary N) is 1. The Hall–Kier alpha value is -2.94. The number of carbonyl (C=O) groups excluding carboxylic acids is 1. The molecular weight excluding hydrogens is 410 g/mol. The van der Waals surface area contributed by atoms with Gasteiger partial charge >= 0.3 is 0 Å². The van der Waals surface area contributed by atoms with Crippen molar-refractivity contribution in [1.29, 1.82) is 0 Å². The molecule has 2 aromatic carbocycles. The summed E-state index contributed by atoms with van der Waals surface area (Å²) in [4.78, 5) is 13.3. The van der Waals surface area contributed by atoms with E-state index >= 15 is 0 Å². The molecule has 0 unspecified atom stereocenters. The highest BCUT2D eigenvalue weighted by molar-refractivity contribution is 7.88. The Balaban J connectivity index is 1.93. The number of hydrogen-bond acceptors (Lipinski definition) is 6. The normalized spacial score (nSPS) is 11.6. The lowest BCUT2D eigenvalue weighted by Gasteiger charge is -2.12. The second kappa shape index (κ2) is 8.60.